The van der Waals surface area contributed by atoms with Crippen LogP contribution in [0.15, 0.2) is 60.0 Å². The van der Waals surface area contributed by atoms with Crippen molar-refractivity contribution in [3.8, 4) is 0 Å². The van der Waals surface area contributed by atoms with Crippen LogP contribution in [0.5, 0.6) is 0 Å². The average Bonchev–Trinajstić information content (AvgIpc) is 3.07. The molecule has 0 bridgehead atoms. The lowest BCUT2D eigenvalue weighted by molar-refractivity contribution is 0.332. The second-order valence-corrected chi connectivity index (χ2v) is 7.73. The Morgan fingerprint density at radius 2 is 1.74 bits per heavy atom. The third-order valence-corrected chi connectivity index (χ3v) is 5.80. The van der Waals surface area contributed by atoms with E-state index in [1.807, 2.05) is 11.3 Å². The van der Waals surface area contributed by atoms with Crippen LogP contribution in [-0.4, -0.2) is 0 Å². The van der Waals surface area contributed by atoms with Crippen LogP contribution in [0.1, 0.15) is 37.1 Å². The van der Waals surface area contributed by atoms with E-state index in [4.69, 9.17) is 0 Å². The number of benzene rings is 2. The molecule has 0 aliphatic carbocycles. The summed E-state index contributed by atoms with van der Waals surface area (Å²) in [6.45, 7) is 4.73. The minimum absolute atomic E-state index is 0.731. The third kappa shape index (κ3) is 4.23. The van der Waals surface area contributed by atoms with Crippen molar-refractivity contribution in [1.29, 1.82) is 0 Å². The van der Waals surface area contributed by atoms with E-state index in [9.17, 15) is 0 Å². The van der Waals surface area contributed by atoms with Crippen molar-refractivity contribution in [2.45, 2.75) is 39.5 Å². The van der Waals surface area contributed by atoms with Gasteiger partial charge in [-0.25, -0.2) is 0 Å². The highest BCUT2D eigenvalue weighted by Gasteiger charge is 2.18. The van der Waals surface area contributed by atoms with Gasteiger partial charge in [0, 0.05) is 4.88 Å². The summed E-state index contributed by atoms with van der Waals surface area (Å²) in [5.41, 5.74) is 1.48. The molecule has 2 atom stereocenters. The van der Waals surface area contributed by atoms with E-state index < -0.39 is 0 Å². The maximum Gasteiger partial charge on any atom is 0.00481 e. The van der Waals surface area contributed by atoms with Crippen LogP contribution in [-0.2, 0) is 12.8 Å². The van der Waals surface area contributed by atoms with Crippen LogP contribution < -0.4 is 0 Å². The number of thiophene rings is 1. The van der Waals surface area contributed by atoms with Gasteiger partial charge in [-0.15, -0.1) is 11.3 Å². The summed E-state index contributed by atoms with van der Waals surface area (Å²) in [6, 6.07) is 20.1. The molecule has 2 aromatic carbocycles. The Bertz CT molecular complexity index is 727. The highest BCUT2D eigenvalue weighted by Crippen LogP contribution is 2.28. The smallest absolute Gasteiger partial charge is 0.00481 e. The van der Waals surface area contributed by atoms with Gasteiger partial charge in [-0.2, -0.15) is 0 Å². The van der Waals surface area contributed by atoms with Gasteiger partial charge in [0.05, 0.1) is 0 Å². The van der Waals surface area contributed by atoms with Gasteiger partial charge in [-0.05, 0) is 52.5 Å². The SMILES string of the molecule is CCCC(C)C(Cc1ccc2ccccc2c1)Cc1cccs1. The molecule has 120 valence electrons. The van der Waals surface area contributed by atoms with Crippen LogP contribution in [0.25, 0.3) is 10.8 Å². The predicted octanol–water partition coefficient (Wildman–Crippen LogP) is 6.74. The van der Waals surface area contributed by atoms with E-state index in [1.165, 1.54) is 46.9 Å². The molecule has 0 amide bonds. The van der Waals surface area contributed by atoms with Crippen LogP contribution in [0.2, 0.25) is 0 Å². The number of hydrogen-bond donors (Lipinski definition) is 0. The Hall–Kier alpha value is -1.60. The molecule has 0 radical (unpaired) electrons. The van der Waals surface area contributed by atoms with Gasteiger partial charge in [-0.3, -0.25) is 0 Å². The zero-order valence-electron chi connectivity index (χ0n) is 14.2. The van der Waals surface area contributed by atoms with E-state index in [0.717, 1.165) is 11.8 Å². The Balaban J connectivity index is 1.80. The standard InChI is InChI=1S/C22H26S/c1-3-7-17(2)21(16-22-10-6-13-23-22)15-18-11-12-19-8-4-5-9-20(19)14-18/h4-6,8-14,17,21H,3,7,15-16H2,1-2H3. The molecular weight excluding hydrogens is 296 g/mol. The number of rotatable bonds is 7. The van der Waals surface area contributed by atoms with Gasteiger partial charge in [0.1, 0.15) is 0 Å². The summed E-state index contributed by atoms with van der Waals surface area (Å²) in [4.78, 5) is 1.53. The topological polar surface area (TPSA) is 0 Å². The first-order valence-corrected chi connectivity index (χ1v) is 9.64. The second kappa shape index (κ2) is 7.79. The summed E-state index contributed by atoms with van der Waals surface area (Å²) in [5, 5.41) is 4.91. The van der Waals surface area contributed by atoms with Crippen LogP contribution >= 0.6 is 11.3 Å². The Morgan fingerprint density at radius 1 is 0.913 bits per heavy atom. The highest BCUT2D eigenvalue weighted by atomic mass is 32.1. The van der Waals surface area contributed by atoms with Crippen molar-refractivity contribution in [2.24, 2.45) is 11.8 Å². The van der Waals surface area contributed by atoms with E-state index in [0.29, 0.717) is 0 Å². The number of fused-ring (bicyclic) bond motifs is 1. The summed E-state index contributed by atoms with van der Waals surface area (Å²) < 4.78 is 0. The molecule has 23 heavy (non-hydrogen) atoms. The highest BCUT2D eigenvalue weighted by molar-refractivity contribution is 7.09. The van der Waals surface area contributed by atoms with Gasteiger partial charge in [0.15, 0.2) is 0 Å². The molecule has 1 heterocycles. The van der Waals surface area contributed by atoms with Gasteiger partial charge in [-0.1, -0.05) is 75.2 Å². The molecule has 0 spiro atoms. The van der Waals surface area contributed by atoms with Crippen molar-refractivity contribution >= 4 is 22.1 Å². The van der Waals surface area contributed by atoms with Crippen LogP contribution in [0, 0.1) is 11.8 Å². The molecule has 0 aliphatic heterocycles. The fourth-order valence-corrected chi connectivity index (χ4v) is 4.32. The monoisotopic (exact) mass is 322 g/mol. The lowest BCUT2D eigenvalue weighted by Crippen LogP contribution is -2.17. The Labute approximate surface area is 144 Å². The van der Waals surface area contributed by atoms with Crippen molar-refractivity contribution < 1.29 is 0 Å². The molecule has 0 nitrogen and oxygen atoms in total. The minimum Gasteiger partial charge on any atom is -0.149 e. The zero-order valence-corrected chi connectivity index (χ0v) is 15.0. The van der Waals surface area contributed by atoms with Gasteiger partial charge in [0.2, 0.25) is 0 Å². The number of hydrogen-bond acceptors (Lipinski definition) is 1. The predicted molar refractivity (Wildman–Crippen MR) is 103 cm³/mol. The largest absolute Gasteiger partial charge is 0.149 e. The summed E-state index contributed by atoms with van der Waals surface area (Å²) in [5.74, 6) is 1.50. The van der Waals surface area contributed by atoms with Crippen LogP contribution in [0.3, 0.4) is 0 Å². The van der Waals surface area contributed by atoms with Crippen molar-refractivity contribution in [1.82, 2.24) is 0 Å². The Morgan fingerprint density at radius 3 is 2.48 bits per heavy atom. The molecule has 0 N–H and O–H groups in total. The molecule has 1 aromatic heterocycles. The molecule has 0 aliphatic rings. The summed E-state index contributed by atoms with van der Waals surface area (Å²) in [6.07, 6.45) is 5.00. The zero-order chi connectivity index (χ0) is 16.1. The van der Waals surface area contributed by atoms with Crippen LogP contribution in [0.4, 0.5) is 0 Å². The maximum atomic E-state index is 2.43. The summed E-state index contributed by atoms with van der Waals surface area (Å²) in [7, 11) is 0. The molecule has 3 rings (SSSR count). The molecule has 0 fully saturated rings. The van der Waals surface area contributed by atoms with Crippen molar-refractivity contribution in [2.75, 3.05) is 0 Å². The van der Waals surface area contributed by atoms with Gasteiger partial charge >= 0.3 is 0 Å². The fraction of sp³-hybridized carbons (Fsp3) is 0.364. The molecular formula is C22H26S. The first-order chi connectivity index (χ1) is 11.3. The first-order valence-electron chi connectivity index (χ1n) is 8.76. The van der Waals surface area contributed by atoms with Crippen molar-refractivity contribution in [3.05, 3.63) is 70.4 Å². The molecule has 2 unspecified atom stereocenters. The lowest BCUT2D eigenvalue weighted by Gasteiger charge is -2.24. The van der Waals surface area contributed by atoms with E-state index in [-0.39, 0.29) is 0 Å². The lowest BCUT2D eigenvalue weighted by atomic mass is 9.82. The first kappa shape index (κ1) is 16.3. The summed E-state index contributed by atoms with van der Waals surface area (Å²) >= 11 is 1.90. The average molecular weight is 323 g/mol. The molecule has 0 saturated carbocycles. The second-order valence-electron chi connectivity index (χ2n) is 6.70. The maximum absolute atomic E-state index is 2.43. The fourth-order valence-electron chi connectivity index (χ4n) is 3.52. The van der Waals surface area contributed by atoms with E-state index in [1.54, 1.807) is 0 Å². The van der Waals surface area contributed by atoms with Gasteiger partial charge < -0.3 is 0 Å². The van der Waals surface area contributed by atoms with E-state index >= 15 is 0 Å². The van der Waals surface area contributed by atoms with Gasteiger partial charge in [0.25, 0.3) is 0 Å². The molecule has 1 heteroatoms. The molecule has 3 aromatic rings. The van der Waals surface area contributed by atoms with E-state index in [2.05, 4.69) is 73.8 Å². The molecule has 0 saturated heterocycles. The normalized spacial score (nSPS) is 14.0. The quantitative estimate of drug-likeness (QED) is 0.452. The minimum atomic E-state index is 0.731. The third-order valence-electron chi connectivity index (χ3n) is 4.90. The Kier molecular flexibility index (Phi) is 5.51. The van der Waals surface area contributed by atoms with Crippen molar-refractivity contribution in [3.63, 3.8) is 0 Å².